The van der Waals surface area contributed by atoms with Crippen LogP contribution in [0.4, 0.5) is 5.82 Å². The SMILES string of the molecule is CNc1cc2c(cn1)c(-c1cnn(C)c1)nn2[C@H]1CC[C@H](Oc2ccccn2)CC1. The molecule has 4 aromatic heterocycles. The van der Waals surface area contributed by atoms with Crippen molar-refractivity contribution in [2.75, 3.05) is 12.4 Å². The Morgan fingerprint density at radius 3 is 2.67 bits per heavy atom. The quantitative estimate of drug-likeness (QED) is 0.545. The summed E-state index contributed by atoms with van der Waals surface area (Å²) in [5.41, 5.74) is 3.04. The van der Waals surface area contributed by atoms with Crippen LogP contribution in [0.3, 0.4) is 0 Å². The number of nitrogens with zero attached hydrogens (tertiary/aromatic N) is 6. The second-order valence-corrected chi connectivity index (χ2v) is 7.75. The summed E-state index contributed by atoms with van der Waals surface area (Å²) in [6.07, 6.45) is 11.7. The van der Waals surface area contributed by atoms with Crippen LogP contribution in [0, 0.1) is 0 Å². The Hall–Kier alpha value is -3.42. The number of ether oxygens (including phenoxy) is 1. The van der Waals surface area contributed by atoms with Crippen LogP contribution in [0.25, 0.3) is 22.2 Å². The average molecular weight is 403 g/mol. The van der Waals surface area contributed by atoms with Gasteiger partial charge in [-0.1, -0.05) is 6.07 Å². The molecule has 1 aliphatic rings. The first kappa shape index (κ1) is 18.6. The molecule has 8 nitrogen and oxygen atoms in total. The van der Waals surface area contributed by atoms with Crippen LogP contribution < -0.4 is 10.1 Å². The zero-order valence-corrected chi connectivity index (χ0v) is 17.2. The van der Waals surface area contributed by atoms with Crippen molar-refractivity contribution < 1.29 is 4.74 Å². The van der Waals surface area contributed by atoms with Gasteiger partial charge in [-0.15, -0.1) is 0 Å². The maximum atomic E-state index is 6.07. The number of rotatable bonds is 5. The second kappa shape index (κ2) is 7.78. The monoisotopic (exact) mass is 403 g/mol. The zero-order valence-electron chi connectivity index (χ0n) is 17.2. The van der Waals surface area contributed by atoms with E-state index in [0.29, 0.717) is 11.9 Å². The summed E-state index contributed by atoms with van der Waals surface area (Å²) < 4.78 is 10.0. The Balaban J connectivity index is 1.42. The smallest absolute Gasteiger partial charge is 0.213 e. The fraction of sp³-hybridized carbons (Fsp3) is 0.364. The molecule has 0 radical (unpaired) electrons. The lowest BCUT2D eigenvalue weighted by atomic mass is 9.93. The normalized spacial score (nSPS) is 19.1. The summed E-state index contributed by atoms with van der Waals surface area (Å²) in [6.45, 7) is 0. The molecule has 154 valence electrons. The molecule has 5 rings (SSSR count). The summed E-state index contributed by atoms with van der Waals surface area (Å²) in [4.78, 5) is 8.80. The molecule has 4 heterocycles. The Morgan fingerprint density at radius 1 is 1.10 bits per heavy atom. The molecule has 4 aromatic rings. The Bertz CT molecular complexity index is 1140. The van der Waals surface area contributed by atoms with Gasteiger partial charge in [-0.25, -0.2) is 9.97 Å². The van der Waals surface area contributed by atoms with Crippen molar-refractivity contribution in [1.29, 1.82) is 0 Å². The third-order valence-corrected chi connectivity index (χ3v) is 5.74. The number of anilines is 1. The number of nitrogens with one attached hydrogen (secondary N) is 1. The highest BCUT2D eigenvalue weighted by molar-refractivity contribution is 5.93. The molecular formula is C22H25N7O. The maximum Gasteiger partial charge on any atom is 0.213 e. The molecular weight excluding hydrogens is 378 g/mol. The van der Waals surface area contributed by atoms with Gasteiger partial charge in [0, 0.05) is 55.8 Å². The van der Waals surface area contributed by atoms with E-state index in [9.17, 15) is 0 Å². The van der Waals surface area contributed by atoms with E-state index >= 15 is 0 Å². The standard InChI is InChI=1S/C22H25N7O/c1-23-20-11-19-18(13-25-20)22(15-12-26-28(2)14-15)27-29(19)16-6-8-17(9-7-16)30-21-5-3-4-10-24-21/h3-5,10-14,16-17H,6-9H2,1-2H3,(H,23,25)/t16-,17-. The summed E-state index contributed by atoms with van der Waals surface area (Å²) in [7, 11) is 3.81. The van der Waals surface area contributed by atoms with Crippen LogP contribution in [0.1, 0.15) is 31.7 Å². The van der Waals surface area contributed by atoms with E-state index in [4.69, 9.17) is 9.84 Å². The van der Waals surface area contributed by atoms with Crippen molar-refractivity contribution in [1.82, 2.24) is 29.5 Å². The predicted molar refractivity (Wildman–Crippen MR) is 115 cm³/mol. The minimum absolute atomic E-state index is 0.199. The molecule has 1 N–H and O–H groups in total. The van der Waals surface area contributed by atoms with Crippen molar-refractivity contribution in [2.24, 2.45) is 7.05 Å². The van der Waals surface area contributed by atoms with Gasteiger partial charge in [0.2, 0.25) is 5.88 Å². The zero-order chi connectivity index (χ0) is 20.5. The van der Waals surface area contributed by atoms with Gasteiger partial charge in [0.05, 0.1) is 17.8 Å². The molecule has 0 aliphatic heterocycles. The van der Waals surface area contributed by atoms with Gasteiger partial charge in [0.25, 0.3) is 0 Å². The van der Waals surface area contributed by atoms with Crippen LogP contribution in [0.2, 0.25) is 0 Å². The van der Waals surface area contributed by atoms with Gasteiger partial charge < -0.3 is 10.1 Å². The van der Waals surface area contributed by atoms with E-state index in [-0.39, 0.29) is 6.10 Å². The highest BCUT2D eigenvalue weighted by atomic mass is 16.5. The first-order valence-corrected chi connectivity index (χ1v) is 10.3. The molecule has 0 spiro atoms. The minimum Gasteiger partial charge on any atom is -0.474 e. The van der Waals surface area contributed by atoms with Crippen molar-refractivity contribution in [3.63, 3.8) is 0 Å². The predicted octanol–water partition coefficient (Wildman–Crippen LogP) is 3.83. The molecule has 0 bridgehead atoms. The fourth-order valence-corrected chi connectivity index (χ4v) is 4.20. The third kappa shape index (κ3) is 3.49. The van der Waals surface area contributed by atoms with Gasteiger partial charge in [-0.2, -0.15) is 10.2 Å². The molecule has 0 unspecified atom stereocenters. The lowest BCUT2D eigenvalue weighted by Crippen LogP contribution is -2.26. The summed E-state index contributed by atoms with van der Waals surface area (Å²) in [6, 6.07) is 8.18. The molecule has 0 atom stereocenters. The van der Waals surface area contributed by atoms with E-state index in [2.05, 4.69) is 31.1 Å². The molecule has 0 aromatic carbocycles. The first-order chi connectivity index (χ1) is 14.7. The number of fused-ring (bicyclic) bond motifs is 1. The van der Waals surface area contributed by atoms with Gasteiger partial charge in [-0.05, 0) is 31.7 Å². The third-order valence-electron chi connectivity index (χ3n) is 5.74. The Kier molecular flexibility index (Phi) is 4.82. The van der Waals surface area contributed by atoms with Crippen molar-refractivity contribution in [3.05, 3.63) is 49.1 Å². The van der Waals surface area contributed by atoms with Gasteiger partial charge in [0.1, 0.15) is 17.6 Å². The second-order valence-electron chi connectivity index (χ2n) is 7.75. The Labute approximate surface area is 174 Å². The number of hydrogen-bond acceptors (Lipinski definition) is 6. The average Bonchev–Trinajstić information content (AvgIpc) is 3.38. The molecule has 1 saturated carbocycles. The lowest BCUT2D eigenvalue weighted by Gasteiger charge is -2.29. The largest absolute Gasteiger partial charge is 0.474 e. The van der Waals surface area contributed by atoms with E-state index < -0.39 is 0 Å². The Morgan fingerprint density at radius 2 is 1.97 bits per heavy atom. The first-order valence-electron chi connectivity index (χ1n) is 10.3. The molecule has 0 amide bonds. The van der Waals surface area contributed by atoms with Crippen LogP contribution >= 0.6 is 0 Å². The fourth-order valence-electron chi connectivity index (χ4n) is 4.20. The van der Waals surface area contributed by atoms with Gasteiger partial charge in [-0.3, -0.25) is 9.36 Å². The summed E-state index contributed by atoms with van der Waals surface area (Å²) >= 11 is 0. The molecule has 1 fully saturated rings. The minimum atomic E-state index is 0.199. The van der Waals surface area contributed by atoms with E-state index in [1.807, 2.05) is 50.9 Å². The van der Waals surface area contributed by atoms with Gasteiger partial charge >= 0.3 is 0 Å². The lowest BCUT2D eigenvalue weighted by molar-refractivity contribution is 0.126. The maximum absolute atomic E-state index is 6.07. The van der Waals surface area contributed by atoms with Crippen LogP contribution in [0.15, 0.2) is 49.1 Å². The highest BCUT2D eigenvalue weighted by Gasteiger charge is 2.27. The number of hydrogen-bond donors (Lipinski definition) is 1. The van der Waals surface area contributed by atoms with Gasteiger partial charge in [0.15, 0.2) is 0 Å². The highest BCUT2D eigenvalue weighted by Crippen LogP contribution is 2.36. The summed E-state index contributed by atoms with van der Waals surface area (Å²) in [5, 5.41) is 13.5. The molecule has 0 saturated heterocycles. The number of aryl methyl sites for hydroxylation is 1. The van der Waals surface area contributed by atoms with Crippen LogP contribution in [-0.4, -0.2) is 42.7 Å². The van der Waals surface area contributed by atoms with E-state index in [0.717, 1.165) is 53.7 Å². The molecule has 30 heavy (non-hydrogen) atoms. The topological polar surface area (TPSA) is 82.7 Å². The van der Waals surface area contributed by atoms with Crippen LogP contribution in [0.5, 0.6) is 5.88 Å². The van der Waals surface area contributed by atoms with E-state index in [1.165, 1.54) is 0 Å². The number of aromatic nitrogens is 6. The van der Waals surface area contributed by atoms with E-state index in [1.54, 1.807) is 10.9 Å². The summed E-state index contributed by atoms with van der Waals surface area (Å²) in [5.74, 6) is 1.54. The molecule has 8 heteroatoms. The van der Waals surface area contributed by atoms with Crippen molar-refractivity contribution >= 4 is 16.7 Å². The van der Waals surface area contributed by atoms with Crippen molar-refractivity contribution in [3.8, 4) is 17.1 Å². The number of pyridine rings is 2. The van der Waals surface area contributed by atoms with Crippen LogP contribution in [-0.2, 0) is 7.05 Å². The molecule has 1 aliphatic carbocycles. The van der Waals surface area contributed by atoms with Crippen molar-refractivity contribution in [2.45, 2.75) is 37.8 Å².